The fourth-order valence-electron chi connectivity index (χ4n) is 2.94. The molecule has 0 bridgehead atoms. The summed E-state index contributed by atoms with van der Waals surface area (Å²) in [5, 5.41) is 5.22. The molecule has 0 radical (unpaired) electrons. The summed E-state index contributed by atoms with van der Waals surface area (Å²) in [7, 11) is 0. The van der Waals surface area contributed by atoms with Crippen molar-refractivity contribution in [1.82, 2.24) is 5.32 Å². The van der Waals surface area contributed by atoms with Gasteiger partial charge in [-0.3, -0.25) is 9.59 Å². The molecule has 0 heterocycles. The first-order chi connectivity index (χ1) is 15.2. The van der Waals surface area contributed by atoms with Crippen molar-refractivity contribution in [2.75, 3.05) is 18.5 Å². The van der Waals surface area contributed by atoms with Gasteiger partial charge in [-0.25, -0.2) is 9.59 Å². The predicted octanol–water partition coefficient (Wildman–Crippen LogP) is 3.11. The Hall–Kier alpha value is -3.68. The quantitative estimate of drug-likeness (QED) is 0.580. The third-order valence-electron chi connectivity index (χ3n) is 4.64. The van der Waals surface area contributed by atoms with Gasteiger partial charge in [-0.05, 0) is 43.5 Å². The molecule has 2 amide bonds. The summed E-state index contributed by atoms with van der Waals surface area (Å²) in [5.74, 6) is -2.58. The van der Waals surface area contributed by atoms with E-state index in [0.29, 0.717) is 5.56 Å². The van der Waals surface area contributed by atoms with Gasteiger partial charge in [0.2, 0.25) is 0 Å². The molecular formula is C24H28N2O6. The smallest absolute Gasteiger partial charge is 0.340 e. The molecule has 1 atom stereocenters. The van der Waals surface area contributed by atoms with Gasteiger partial charge in [0.1, 0.15) is 6.04 Å². The number of nitrogens with one attached hydrogen (secondary N) is 2. The molecule has 0 aromatic heterocycles. The minimum Gasteiger partial charge on any atom is -0.462 e. The average molecular weight is 440 g/mol. The van der Waals surface area contributed by atoms with Crippen LogP contribution < -0.4 is 10.6 Å². The molecule has 32 heavy (non-hydrogen) atoms. The number of benzene rings is 2. The Morgan fingerprint density at radius 2 is 1.53 bits per heavy atom. The molecule has 0 aliphatic carbocycles. The SMILES string of the molecule is CCOC(=O)c1ccccc1NC(=O)COC(=O)[C@@H](NC(=O)c1ccccc1C)C(C)C. The Bertz CT molecular complexity index is 986. The molecule has 2 rings (SSSR count). The summed E-state index contributed by atoms with van der Waals surface area (Å²) in [6.45, 7) is 6.64. The molecule has 170 valence electrons. The van der Waals surface area contributed by atoms with Crippen molar-refractivity contribution in [1.29, 1.82) is 0 Å². The number of amides is 2. The monoisotopic (exact) mass is 440 g/mol. The Morgan fingerprint density at radius 3 is 2.16 bits per heavy atom. The van der Waals surface area contributed by atoms with E-state index in [1.807, 2.05) is 6.07 Å². The minimum atomic E-state index is -0.929. The lowest BCUT2D eigenvalue weighted by Gasteiger charge is -2.21. The normalized spacial score (nSPS) is 11.4. The van der Waals surface area contributed by atoms with E-state index in [-0.39, 0.29) is 23.8 Å². The molecule has 8 nitrogen and oxygen atoms in total. The average Bonchev–Trinajstić information content (AvgIpc) is 2.76. The zero-order valence-corrected chi connectivity index (χ0v) is 18.6. The molecule has 8 heteroatoms. The van der Waals surface area contributed by atoms with Gasteiger partial charge in [0.15, 0.2) is 6.61 Å². The van der Waals surface area contributed by atoms with Gasteiger partial charge < -0.3 is 20.1 Å². The number of carbonyl (C=O) groups is 4. The van der Waals surface area contributed by atoms with Crippen molar-refractivity contribution in [3.8, 4) is 0 Å². The lowest BCUT2D eigenvalue weighted by atomic mass is 10.0. The van der Waals surface area contributed by atoms with Crippen LogP contribution in [0.2, 0.25) is 0 Å². The van der Waals surface area contributed by atoms with Gasteiger partial charge in [0, 0.05) is 5.56 Å². The highest BCUT2D eigenvalue weighted by Gasteiger charge is 2.27. The van der Waals surface area contributed by atoms with Crippen molar-refractivity contribution in [3.05, 3.63) is 65.2 Å². The topological polar surface area (TPSA) is 111 Å². The van der Waals surface area contributed by atoms with E-state index in [0.717, 1.165) is 5.56 Å². The van der Waals surface area contributed by atoms with Crippen LogP contribution in [0.15, 0.2) is 48.5 Å². The van der Waals surface area contributed by atoms with Crippen LogP contribution in [-0.4, -0.2) is 43.0 Å². The summed E-state index contributed by atoms with van der Waals surface area (Å²) >= 11 is 0. The number of hydrogen-bond acceptors (Lipinski definition) is 6. The van der Waals surface area contributed by atoms with Crippen LogP contribution in [0.1, 0.15) is 47.1 Å². The van der Waals surface area contributed by atoms with Gasteiger partial charge >= 0.3 is 11.9 Å². The number of para-hydroxylation sites is 1. The second kappa shape index (κ2) is 11.6. The number of rotatable bonds is 9. The summed E-state index contributed by atoms with van der Waals surface area (Å²) in [5.41, 5.74) is 1.68. The molecule has 0 aliphatic rings. The van der Waals surface area contributed by atoms with E-state index in [9.17, 15) is 19.2 Å². The van der Waals surface area contributed by atoms with Crippen LogP contribution >= 0.6 is 0 Å². The summed E-state index contributed by atoms with van der Waals surface area (Å²) in [6, 6.07) is 12.5. The lowest BCUT2D eigenvalue weighted by molar-refractivity contribution is -0.150. The third kappa shape index (κ3) is 6.66. The maximum atomic E-state index is 12.6. The van der Waals surface area contributed by atoms with E-state index in [4.69, 9.17) is 9.47 Å². The van der Waals surface area contributed by atoms with Crippen LogP contribution in [0, 0.1) is 12.8 Å². The van der Waals surface area contributed by atoms with Gasteiger partial charge in [0.25, 0.3) is 11.8 Å². The minimum absolute atomic E-state index is 0.194. The van der Waals surface area contributed by atoms with Crippen LogP contribution in [0.3, 0.4) is 0 Å². The van der Waals surface area contributed by atoms with E-state index in [1.165, 1.54) is 6.07 Å². The lowest BCUT2D eigenvalue weighted by Crippen LogP contribution is -2.46. The molecule has 2 aromatic carbocycles. The number of esters is 2. The number of ether oxygens (including phenoxy) is 2. The molecule has 0 aliphatic heterocycles. The van der Waals surface area contributed by atoms with E-state index < -0.39 is 36.4 Å². The first-order valence-electron chi connectivity index (χ1n) is 10.3. The largest absolute Gasteiger partial charge is 0.462 e. The highest BCUT2D eigenvalue weighted by molar-refractivity contribution is 6.02. The fraction of sp³-hybridized carbons (Fsp3) is 0.333. The van der Waals surface area contributed by atoms with Crippen molar-refractivity contribution in [2.24, 2.45) is 5.92 Å². The Labute approximate surface area is 187 Å². The third-order valence-corrected chi connectivity index (χ3v) is 4.64. The molecule has 0 fully saturated rings. The van der Waals surface area contributed by atoms with Crippen molar-refractivity contribution in [3.63, 3.8) is 0 Å². The van der Waals surface area contributed by atoms with E-state index in [2.05, 4.69) is 10.6 Å². The van der Waals surface area contributed by atoms with E-state index in [1.54, 1.807) is 64.1 Å². The number of aryl methyl sites for hydroxylation is 1. The fourth-order valence-corrected chi connectivity index (χ4v) is 2.94. The van der Waals surface area contributed by atoms with Crippen molar-refractivity contribution >= 4 is 29.4 Å². The zero-order valence-electron chi connectivity index (χ0n) is 18.6. The predicted molar refractivity (Wildman–Crippen MR) is 119 cm³/mol. The second-order valence-corrected chi connectivity index (χ2v) is 7.43. The maximum Gasteiger partial charge on any atom is 0.340 e. The number of hydrogen-bond donors (Lipinski definition) is 2. The van der Waals surface area contributed by atoms with Crippen molar-refractivity contribution < 1.29 is 28.7 Å². The highest BCUT2D eigenvalue weighted by Crippen LogP contribution is 2.16. The summed E-state index contributed by atoms with van der Waals surface area (Å²) in [4.78, 5) is 49.5. The van der Waals surface area contributed by atoms with E-state index >= 15 is 0 Å². The number of anilines is 1. The van der Waals surface area contributed by atoms with Crippen LogP contribution in [-0.2, 0) is 19.1 Å². The highest BCUT2D eigenvalue weighted by atomic mass is 16.5. The molecule has 2 aromatic rings. The second-order valence-electron chi connectivity index (χ2n) is 7.43. The molecule has 2 N–H and O–H groups in total. The molecule has 0 saturated heterocycles. The summed E-state index contributed by atoms with van der Waals surface area (Å²) < 4.78 is 10.1. The first kappa shape index (κ1) is 24.6. The molecule has 0 spiro atoms. The van der Waals surface area contributed by atoms with Crippen LogP contribution in [0.5, 0.6) is 0 Å². The molecule has 0 saturated carbocycles. The molecule has 0 unspecified atom stereocenters. The zero-order chi connectivity index (χ0) is 23.7. The van der Waals surface area contributed by atoms with Gasteiger partial charge in [-0.15, -0.1) is 0 Å². The molecular weight excluding hydrogens is 412 g/mol. The van der Waals surface area contributed by atoms with Crippen molar-refractivity contribution in [2.45, 2.75) is 33.7 Å². The van der Waals surface area contributed by atoms with Gasteiger partial charge in [-0.1, -0.05) is 44.2 Å². The van der Waals surface area contributed by atoms with Gasteiger partial charge in [-0.2, -0.15) is 0 Å². The standard InChI is InChI=1S/C24H28N2O6/c1-5-31-23(29)18-12-8-9-13-19(18)25-20(27)14-32-24(30)21(15(2)3)26-22(28)17-11-7-6-10-16(17)4/h6-13,15,21H,5,14H2,1-4H3,(H,25,27)(H,26,28)/t21-/m0/s1. The Kier molecular flexibility index (Phi) is 8.95. The number of carbonyl (C=O) groups excluding carboxylic acids is 4. The first-order valence-corrected chi connectivity index (χ1v) is 10.3. The maximum absolute atomic E-state index is 12.6. The van der Waals surface area contributed by atoms with Crippen LogP contribution in [0.4, 0.5) is 5.69 Å². The van der Waals surface area contributed by atoms with Gasteiger partial charge in [0.05, 0.1) is 17.9 Å². The Morgan fingerprint density at radius 1 is 0.906 bits per heavy atom. The Balaban J connectivity index is 1.99. The van der Waals surface area contributed by atoms with Crippen LogP contribution in [0.25, 0.3) is 0 Å². The summed E-state index contributed by atoms with van der Waals surface area (Å²) in [6.07, 6.45) is 0.